The van der Waals surface area contributed by atoms with Gasteiger partial charge >= 0.3 is 0 Å². The Morgan fingerprint density at radius 1 is 1.00 bits per heavy atom. The fourth-order valence-electron chi connectivity index (χ4n) is 2.25. The van der Waals surface area contributed by atoms with Crippen molar-refractivity contribution in [2.45, 2.75) is 31.9 Å². The van der Waals surface area contributed by atoms with E-state index < -0.39 is 16.1 Å². The Morgan fingerprint density at radius 3 is 2.23 bits per heavy atom. The second-order valence-corrected chi connectivity index (χ2v) is 7.86. The van der Waals surface area contributed by atoms with E-state index in [1.54, 1.807) is 31.2 Å². The second kappa shape index (κ2) is 9.47. The molecule has 2 aromatic rings. The lowest BCUT2D eigenvalue weighted by Gasteiger charge is -2.13. The number of amides is 1. The average Bonchev–Trinajstić information content (AvgIpc) is 2.66. The quantitative estimate of drug-likeness (QED) is 0.701. The number of sulfonamides is 1. The molecule has 1 amide bonds. The Labute approximate surface area is 154 Å². The molecule has 140 valence electrons. The Kier molecular flexibility index (Phi) is 7.32. The van der Waals surface area contributed by atoms with Gasteiger partial charge in [-0.05, 0) is 30.7 Å². The number of nitrogens with one attached hydrogen (secondary N) is 2. The fraction of sp³-hybridized carbons (Fsp3) is 0.316. The first-order valence-electron chi connectivity index (χ1n) is 8.32. The molecule has 0 fully saturated rings. The lowest BCUT2D eigenvalue weighted by atomic mass is 10.1. The van der Waals surface area contributed by atoms with E-state index in [0.29, 0.717) is 18.7 Å². The average molecular weight is 376 g/mol. The van der Waals surface area contributed by atoms with E-state index in [2.05, 4.69) is 10.0 Å². The molecule has 0 aliphatic rings. The van der Waals surface area contributed by atoms with Crippen LogP contribution in [0, 0.1) is 0 Å². The van der Waals surface area contributed by atoms with Crippen LogP contribution < -0.4 is 10.0 Å². The molecule has 0 aliphatic heterocycles. The van der Waals surface area contributed by atoms with Crippen LogP contribution in [0.25, 0.3) is 0 Å². The van der Waals surface area contributed by atoms with E-state index in [1.807, 2.05) is 30.3 Å². The maximum Gasteiger partial charge on any atom is 0.249 e. The van der Waals surface area contributed by atoms with Crippen LogP contribution in [0.1, 0.15) is 23.6 Å². The maximum absolute atomic E-state index is 12.1. The molecule has 6 nitrogen and oxygen atoms in total. The van der Waals surface area contributed by atoms with Gasteiger partial charge in [-0.1, -0.05) is 54.6 Å². The number of hydrogen-bond acceptors (Lipinski definition) is 4. The second-order valence-electron chi connectivity index (χ2n) is 5.94. The van der Waals surface area contributed by atoms with Crippen LogP contribution >= 0.6 is 0 Å². The highest BCUT2D eigenvalue weighted by Crippen LogP contribution is 2.08. The van der Waals surface area contributed by atoms with Gasteiger partial charge in [0, 0.05) is 6.54 Å². The third-order valence-electron chi connectivity index (χ3n) is 3.87. The van der Waals surface area contributed by atoms with E-state index in [-0.39, 0.29) is 11.7 Å². The van der Waals surface area contributed by atoms with Crippen LogP contribution in [0.4, 0.5) is 0 Å². The lowest BCUT2D eigenvalue weighted by molar-refractivity contribution is -0.132. The van der Waals surface area contributed by atoms with Gasteiger partial charge in [-0.25, -0.2) is 13.1 Å². The van der Waals surface area contributed by atoms with E-state index >= 15 is 0 Å². The Balaban J connectivity index is 1.79. The standard InChI is InChI=1S/C19H24N2O4S/c1-15(25-13-17-6-4-3-5-7-17)19(22)21-12-16-8-10-18(11-9-16)14-26(23,24)20-2/h3-11,15,20H,12-14H2,1-2H3,(H,21,22). The van der Waals surface area contributed by atoms with Crippen LogP contribution in [0.3, 0.4) is 0 Å². The summed E-state index contributed by atoms with van der Waals surface area (Å²) in [5, 5.41) is 2.82. The van der Waals surface area contributed by atoms with E-state index in [4.69, 9.17) is 4.74 Å². The number of rotatable bonds is 9. The van der Waals surface area contributed by atoms with E-state index in [9.17, 15) is 13.2 Å². The van der Waals surface area contributed by atoms with Crippen molar-refractivity contribution in [2.24, 2.45) is 0 Å². The molecular weight excluding hydrogens is 352 g/mol. The molecule has 7 heteroatoms. The minimum atomic E-state index is -3.29. The van der Waals surface area contributed by atoms with E-state index in [1.165, 1.54) is 7.05 Å². The van der Waals surface area contributed by atoms with Crippen LogP contribution in [0.15, 0.2) is 54.6 Å². The van der Waals surface area contributed by atoms with Crippen molar-refractivity contribution < 1.29 is 17.9 Å². The first kappa shape index (κ1) is 20.1. The molecule has 0 bridgehead atoms. The third-order valence-corrected chi connectivity index (χ3v) is 5.20. The highest BCUT2D eigenvalue weighted by Gasteiger charge is 2.13. The molecule has 1 atom stereocenters. The van der Waals surface area contributed by atoms with Crippen molar-refractivity contribution in [3.63, 3.8) is 0 Å². The molecule has 0 saturated carbocycles. The molecule has 0 spiro atoms. The molecule has 0 aromatic heterocycles. The van der Waals surface area contributed by atoms with Gasteiger partial charge in [-0.15, -0.1) is 0 Å². The summed E-state index contributed by atoms with van der Waals surface area (Å²) in [5.74, 6) is -0.261. The number of ether oxygens (including phenoxy) is 1. The van der Waals surface area contributed by atoms with E-state index in [0.717, 1.165) is 11.1 Å². The third kappa shape index (κ3) is 6.59. The van der Waals surface area contributed by atoms with Crippen LogP contribution in [-0.4, -0.2) is 27.5 Å². The summed E-state index contributed by atoms with van der Waals surface area (Å²) in [7, 11) is -1.90. The SMILES string of the molecule is CNS(=O)(=O)Cc1ccc(CNC(=O)C(C)OCc2ccccc2)cc1. The largest absolute Gasteiger partial charge is 0.364 e. The van der Waals surface area contributed by atoms with Gasteiger partial charge in [0.2, 0.25) is 15.9 Å². The zero-order valence-electron chi connectivity index (χ0n) is 14.9. The number of hydrogen-bond donors (Lipinski definition) is 2. The molecule has 1 unspecified atom stereocenters. The summed E-state index contributed by atoms with van der Waals surface area (Å²) in [4.78, 5) is 12.1. The van der Waals surface area contributed by atoms with Crippen molar-refractivity contribution in [1.29, 1.82) is 0 Å². The number of carbonyl (C=O) groups excluding carboxylic acids is 1. The molecule has 2 N–H and O–H groups in total. The number of benzene rings is 2. The van der Waals surface area contributed by atoms with Crippen molar-refractivity contribution in [2.75, 3.05) is 7.05 Å². The smallest absolute Gasteiger partial charge is 0.249 e. The Bertz CT molecular complexity index is 805. The van der Waals surface area contributed by atoms with Gasteiger partial charge in [0.15, 0.2) is 0 Å². The van der Waals surface area contributed by atoms with Crippen molar-refractivity contribution >= 4 is 15.9 Å². The highest BCUT2D eigenvalue weighted by atomic mass is 32.2. The van der Waals surface area contributed by atoms with Gasteiger partial charge in [-0.2, -0.15) is 0 Å². The zero-order valence-corrected chi connectivity index (χ0v) is 15.8. The highest BCUT2D eigenvalue weighted by molar-refractivity contribution is 7.88. The Morgan fingerprint density at radius 2 is 1.62 bits per heavy atom. The number of carbonyl (C=O) groups is 1. The van der Waals surface area contributed by atoms with Crippen LogP contribution in [0.5, 0.6) is 0 Å². The Hall–Kier alpha value is -2.22. The van der Waals surface area contributed by atoms with Gasteiger partial charge < -0.3 is 10.1 Å². The molecule has 26 heavy (non-hydrogen) atoms. The zero-order chi connectivity index (χ0) is 19.0. The first-order chi connectivity index (χ1) is 12.4. The maximum atomic E-state index is 12.1. The van der Waals surface area contributed by atoms with Gasteiger partial charge in [-0.3, -0.25) is 4.79 Å². The molecular formula is C19H24N2O4S. The summed E-state index contributed by atoms with van der Waals surface area (Å²) in [6.07, 6.45) is -0.560. The topological polar surface area (TPSA) is 84.5 Å². The van der Waals surface area contributed by atoms with Crippen LogP contribution in [0.2, 0.25) is 0 Å². The predicted molar refractivity (Wildman–Crippen MR) is 101 cm³/mol. The normalized spacial score (nSPS) is 12.5. The summed E-state index contributed by atoms with van der Waals surface area (Å²) >= 11 is 0. The molecule has 2 rings (SSSR count). The van der Waals surface area contributed by atoms with Crippen molar-refractivity contribution in [1.82, 2.24) is 10.0 Å². The van der Waals surface area contributed by atoms with Crippen molar-refractivity contribution in [3.05, 3.63) is 71.3 Å². The summed E-state index contributed by atoms with van der Waals surface area (Å²) < 4.78 is 30.9. The minimum Gasteiger partial charge on any atom is -0.364 e. The van der Waals surface area contributed by atoms with Crippen molar-refractivity contribution in [3.8, 4) is 0 Å². The van der Waals surface area contributed by atoms with Gasteiger partial charge in [0.1, 0.15) is 6.10 Å². The summed E-state index contributed by atoms with van der Waals surface area (Å²) in [6, 6.07) is 16.8. The fourth-order valence-corrected chi connectivity index (χ4v) is 3.02. The molecule has 0 saturated heterocycles. The molecule has 2 aromatic carbocycles. The summed E-state index contributed by atoms with van der Waals surface area (Å²) in [6.45, 7) is 2.45. The van der Waals surface area contributed by atoms with Crippen LogP contribution in [-0.2, 0) is 38.5 Å². The first-order valence-corrected chi connectivity index (χ1v) is 9.97. The lowest BCUT2D eigenvalue weighted by Crippen LogP contribution is -2.34. The van der Waals surface area contributed by atoms with Gasteiger partial charge in [0.25, 0.3) is 0 Å². The molecule has 0 radical (unpaired) electrons. The molecule has 0 heterocycles. The predicted octanol–water partition coefficient (Wildman–Crippen LogP) is 1.96. The monoisotopic (exact) mass is 376 g/mol. The molecule has 0 aliphatic carbocycles. The summed E-state index contributed by atoms with van der Waals surface area (Å²) in [5.41, 5.74) is 2.59. The minimum absolute atomic E-state index is 0.0689. The van der Waals surface area contributed by atoms with Gasteiger partial charge in [0.05, 0.1) is 12.4 Å².